The molecule has 0 unspecified atom stereocenters. The van der Waals surface area contributed by atoms with Gasteiger partial charge in [0.1, 0.15) is 5.69 Å². The van der Waals surface area contributed by atoms with E-state index in [4.69, 9.17) is 20.8 Å². The van der Waals surface area contributed by atoms with Crippen molar-refractivity contribution in [3.63, 3.8) is 0 Å². The Bertz CT molecular complexity index is 964. The Hall–Kier alpha value is -3.06. The van der Waals surface area contributed by atoms with E-state index in [-0.39, 0.29) is 18.2 Å². The zero-order chi connectivity index (χ0) is 20.1. The summed E-state index contributed by atoms with van der Waals surface area (Å²) in [6.07, 6.45) is 1.53. The Kier molecular flexibility index (Phi) is 6.16. The Morgan fingerprint density at radius 3 is 2.75 bits per heavy atom. The number of benzene rings is 1. The molecule has 28 heavy (non-hydrogen) atoms. The molecule has 3 aromatic rings. The first kappa shape index (κ1) is 19.7. The van der Waals surface area contributed by atoms with Crippen molar-refractivity contribution in [1.29, 1.82) is 0 Å². The van der Waals surface area contributed by atoms with Crippen molar-refractivity contribution in [2.75, 3.05) is 13.2 Å². The van der Waals surface area contributed by atoms with Crippen molar-refractivity contribution in [3.05, 3.63) is 59.4 Å². The Morgan fingerprint density at radius 2 is 2.07 bits per heavy atom. The normalized spacial score (nSPS) is 10.9. The van der Waals surface area contributed by atoms with Crippen LogP contribution in [-0.2, 0) is 9.53 Å². The van der Waals surface area contributed by atoms with Crippen molar-refractivity contribution in [2.45, 2.75) is 13.8 Å². The summed E-state index contributed by atoms with van der Waals surface area (Å²) in [6.45, 7) is 4.10. The van der Waals surface area contributed by atoms with Gasteiger partial charge in [0, 0.05) is 17.6 Å². The summed E-state index contributed by atoms with van der Waals surface area (Å²) in [5.74, 6) is -0.221. The predicted molar refractivity (Wildman–Crippen MR) is 104 cm³/mol. The van der Waals surface area contributed by atoms with E-state index in [1.807, 2.05) is 13.8 Å². The molecule has 1 N–H and O–H groups in total. The molecule has 2 aromatic heterocycles. The minimum atomic E-state index is -0.701. The van der Waals surface area contributed by atoms with Crippen LogP contribution in [0.2, 0.25) is 5.02 Å². The van der Waals surface area contributed by atoms with Crippen LogP contribution in [0.15, 0.2) is 53.1 Å². The van der Waals surface area contributed by atoms with Crippen molar-refractivity contribution in [3.8, 4) is 17.1 Å². The van der Waals surface area contributed by atoms with Gasteiger partial charge in [0.2, 0.25) is 0 Å². The molecule has 8 heteroatoms. The van der Waals surface area contributed by atoms with Gasteiger partial charge in [0.25, 0.3) is 5.91 Å². The van der Waals surface area contributed by atoms with Gasteiger partial charge >= 0.3 is 5.97 Å². The molecule has 0 aliphatic carbocycles. The van der Waals surface area contributed by atoms with Gasteiger partial charge in [-0.3, -0.25) is 4.79 Å². The van der Waals surface area contributed by atoms with Gasteiger partial charge in [-0.25, -0.2) is 9.48 Å². The van der Waals surface area contributed by atoms with E-state index in [1.165, 1.54) is 6.26 Å². The lowest BCUT2D eigenvalue weighted by atomic mass is 10.2. The number of carbonyl (C=O) groups excluding carboxylic acids is 2. The highest BCUT2D eigenvalue weighted by Crippen LogP contribution is 2.26. The molecule has 2 heterocycles. The van der Waals surface area contributed by atoms with Crippen LogP contribution in [0.1, 0.15) is 24.3 Å². The summed E-state index contributed by atoms with van der Waals surface area (Å²) >= 11 is 6.08. The summed E-state index contributed by atoms with van der Waals surface area (Å²) in [6, 6.07) is 12.1. The monoisotopic (exact) mass is 401 g/mol. The van der Waals surface area contributed by atoms with E-state index in [0.29, 0.717) is 34.6 Å². The maximum Gasteiger partial charge on any atom is 0.359 e. The van der Waals surface area contributed by atoms with Crippen LogP contribution in [0.3, 0.4) is 0 Å². The first-order valence-corrected chi connectivity index (χ1v) is 9.15. The zero-order valence-electron chi connectivity index (χ0n) is 15.5. The van der Waals surface area contributed by atoms with Crippen LogP contribution in [-0.4, -0.2) is 34.8 Å². The van der Waals surface area contributed by atoms with Crippen LogP contribution in [0.25, 0.3) is 17.1 Å². The van der Waals surface area contributed by atoms with Gasteiger partial charge in [-0.05, 0) is 36.2 Å². The molecule has 0 fully saturated rings. The highest BCUT2D eigenvalue weighted by atomic mass is 35.5. The summed E-state index contributed by atoms with van der Waals surface area (Å²) in [5.41, 5.74) is 1.28. The average Bonchev–Trinajstić information content (AvgIpc) is 3.33. The molecule has 0 saturated heterocycles. The van der Waals surface area contributed by atoms with Crippen molar-refractivity contribution >= 4 is 23.5 Å². The SMILES string of the molecule is CC(C)CNC(=O)COC(=O)c1cc(-c2ccco2)n(-c2cccc(Cl)c2)n1. The second-order valence-electron chi connectivity index (χ2n) is 6.56. The van der Waals surface area contributed by atoms with Gasteiger partial charge in [-0.15, -0.1) is 0 Å². The molecule has 0 aliphatic heterocycles. The van der Waals surface area contributed by atoms with E-state index in [2.05, 4.69) is 10.4 Å². The highest BCUT2D eigenvalue weighted by molar-refractivity contribution is 6.30. The van der Waals surface area contributed by atoms with Crippen molar-refractivity contribution in [1.82, 2.24) is 15.1 Å². The van der Waals surface area contributed by atoms with Crippen LogP contribution < -0.4 is 5.32 Å². The van der Waals surface area contributed by atoms with Gasteiger partial charge in [-0.2, -0.15) is 5.10 Å². The number of esters is 1. The third kappa shape index (κ3) is 4.80. The number of furan rings is 1. The van der Waals surface area contributed by atoms with Crippen LogP contribution >= 0.6 is 11.6 Å². The summed E-state index contributed by atoms with van der Waals surface area (Å²) in [5, 5.41) is 7.54. The number of ether oxygens (including phenoxy) is 1. The molecule has 7 nitrogen and oxygen atoms in total. The summed E-state index contributed by atoms with van der Waals surface area (Å²) in [7, 11) is 0. The van der Waals surface area contributed by atoms with Crippen LogP contribution in [0.4, 0.5) is 0 Å². The number of aromatic nitrogens is 2. The maximum absolute atomic E-state index is 12.4. The number of hydrogen-bond donors (Lipinski definition) is 1. The first-order valence-electron chi connectivity index (χ1n) is 8.77. The standard InChI is InChI=1S/C20H20ClN3O4/c1-13(2)11-22-19(25)12-28-20(26)16-10-17(18-7-4-8-27-18)24(23-16)15-6-3-5-14(21)9-15/h3-10,13H,11-12H2,1-2H3,(H,22,25). The molecular formula is C20H20ClN3O4. The third-order valence-corrected chi connectivity index (χ3v) is 4.02. The fourth-order valence-electron chi connectivity index (χ4n) is 2.46. The number of hydrogen-bond acceptors (Lipinski definition) is 5. The van der Waals surface area contributed by atoms with Gasteiger partial charge in [0.15, 0.2) is 18.1 Å². The molecule has 1 amide bonds. The Morgan fingerprint density at radius 1 is 1.25 bits per heavy atom. The average molecular weight is 402 g/mol. The minimum Gasteiger partial charge on any atom is -0.463 e. The van der Waals surface area contributed by atoms with Crippen molar-refractivity contribution < 1.29 is 18.7 Å². The van der Waals surface area contributed by atoms with Gasteiger partial charge < -0.3 is 14.5 Å². The first-order chi connectivity index (χ1) is 13.4. The molecule has 0 spiro atoms. The number of amides is 1. The highest BCUT2D eigenvalue weighted by Gasteiger charge is 2.20. The number of halogens is 1. The lowest BCUT2D eigenvalue weighted by Gasteiger charge is -2.07. The van der Waals surface area contributed by atoms with E-state index in [9.17, 15) is 9.59 Å². The molecule has 0 atom stereocenters. The smallest absolute Gasteiger partial charge is 0.359 e. The zero-order valence-corrected chi connectivity index (χ0v) is 16.3. The molecule has 3 rings (SSSR count). The van der Waals surface area contributed by atoms with Gasteiger partial charge in [-0.1, -0.05) is 31.5 Å². The fraction of sp³-hybridized carbons (Fsp3) is 0.250. The Balaban J connectivity index is 1.81. The Labute approximate surface area is 167 Å². The molecule has 0 radical (unpaired) electrons. The second-order valence-corrected chi connectivity index (χ2v) is 6.99. The minimum absolute atomic E-state index is 0.0584. The fourth-order valence-corrected chi connectivity index (χ4v) is 2.64. The van der Waals surface area contributed by atoms with E-state index in [1.54, 1.807) is 47.1 Å². The molecule has 1 aromatic carbocycles. The number of carbonyl (C=O) groups is 2. The second kappa shape index (κ2) is 8.75. The van der Waals surface area contributed by atoms with E-state index >= 15 is 0 Å². The van der Waals surface area contributed by atoms with E-state index in [0.717, 1.165) is 0 Å². The largest absolute Gasteiger partial charge is 0.463 e. The number of nitrogens with zero attached hydrogens (tertiary/aromatic N) is 2. The molecule has 0 bridgehead atoms. The van der Waals surface area contributed by atoms with Crippen molar-refractivity contribution in [2.24, 2.45) is 5.92 Å². The predicted octanol–water partition coefficient (Wildman–Crippen LogP) is 3.71. The summed E-state index contributed by atoms with van der Waals surface area (Å²) < 4.78 is 12.1. The van der Waals surface area contributed by atoms with Crippen LogP contribution in [0.5, 0.6) is 0 Å². The number of rotatable bonds is 7. The quantitative estimate of drug-likeness (QED) is 0.610. The number of nitrogens with one attached hydrogen (secondary N) is 1. The van der Waals surface area contributed by atoms with E-state index < -0.39 is 5.97 Å². The third-order valence-electron chi connectivity index (χ3n) is 3.79. The maximum atomic E-state index is 12.4. The van der Waals surface area contributed by atoms with Crippen LogP contribution in [0, 0.1) is 5.92 Å². The van der Waals surface area contributed by atoms with Gasteiger partial charge in [0.05, 0.1) is 12.0 Å². The molecular weight excluding hydrogens is 382 g/mol. The summed E-state index contributed by atoms with van der Waals surface area (Å²) in [4.78, 5) is 24.1. The molecule has 0 aliphatic rings. The molecule has 146 valence electrons. The molecule has 0 saturated carbocycles. The topological polar surface area (TPSA) is 86.4 Å². The lowest BCUT2D eigenvalue weighted by molar-refractivity contribution is -0.124. The lowest BCUT2D eigenvalue weighted by Crippen LogP contribution is -2.31.